The zero-order chi connectivity index (χ0) is 24.3. The maximum absolute atomic E-state index is 13.5. The second-order valence-electron chi connectivity index (χ2n) is 8.64. The van der Waals surface area contributed by atoms with E-state index in [-0.39, 0.29) is 16.6 Å². The molecule has 4 rings (SSSR count). The molecule has 1 aliphatic heterocycles. The number of benzene rings is 2. The third-order valence-electron chi connectivity index (χ3n) is 5.99. The standard InChI is InChI=1S/C24H26ClF3N4O2/c25-17-6-9-20(19(14-17)24(26,27)28)30-23(34)22(16-4-2-1-3-5-16)32-12-10-31(11-13-32)15-21(33)29-18-7-8-18/h1-6,9,14,18,22H,7-8,10-13,15H2,(H,29,33)(H,30,34)/t22-/m0/s1. The first-order valence-electron chi connectivity index (χ1n) is 11.2. The average molecular weight is 495 g/mol. The zero-order valence-electron chi connectivity index (χ0n) is 18.4. The maximum Gasteiger partial charge on any atom is 0.418 e. The number of rotatable bonds is 7. The molecule has 182 valence electrons. The number of hydrogen-bond acceptors (Lipinski definition) is 4. The van der Waals surface area contributed by atoms with Gasteiger partial charge in [-0.05, 0) is 36.6 Å². The third kappa shape index (κ3) is 6.28. The summed E-state index contributed by atoms with van der Waals surface area (Å²) in [6.07, 6.45) is -2.61. The van der Waals surface area contributed by atoms with Crippen LogP contribution >= 0.6 is 11.6 Å². The molecule has 1 heterocycles. The van der Waals surface area contributed by atoms with E-state index in [0.29, 0.717) is 44.3 Å². The molecule has 6 nitrogen and oxygen atoms in total. The number of nitrogens with one attached hydrogen (secondary N) is 2. The molecule has 2 aromatic carbocycles. The number of hydrogen-bond donors (Lipinski definition) is 2. The van der Waals surface area contributed by atoms with E-state index in [4.69, 9.17) is 11.6 Å². The van der Waals surface area contributed by atoms with Gasteiger partial charge in [-0.1, -0.05) is 41.9 Å². The molecular formula is C24H26ClF3N4O2. The van der Waals surface area contributed by atoms with E-state index in [1.807, 2.05) is 15.9 Å². The molecule has 2 aromatic rings. The molecule has 34 heavy (non-hydrogen) atoms. The number of nitrogens with zero attached hydrogens (tertiary/aromatic N) is 2. The van der Waals surface area contributed by atoms with Crippen molar-refractivity contribution in [3.05, 3.63) is 64.7 Å². The van der Waals surface area contributed by atoms with Crippen LogP contribution in [-0.4, -0.2) is 60.4 Å². The number of piperazine rings is 1. The fourth-order valence-corrected chi connectivity index (χ4v) is 4.28. The van der Waals surface area contributed by atoms with E-state index < -0.39 is 23.7 Å². The molecule has 0 radical (unpaired) electrons. The van der Waals surface area contributed by atoms with E-state index >= 15 is 0 Å². The molecule has 0 aromatic heterocycles. The Kier molecular flexibility index (Phi) is 7.45. The number of carbonyl (C=O) groups excluding carboxylic acids is 2. The van der Waals surface area contributed by atoms with Crippen molar-refractivity contribution >= 4 is 29.1 Å². The summed E-state index contributed by atoms with van der Waals surface area (Å²) in [6.45, 7) is 2.44. The van der Waals surface area contributed by atoms with Crippen molar-refractivity contribution in [3.8, 4) is 0 Å². The molecule has 0 bridgehead atoms. The molecule has 1 saturated carbocycles. The van der Waals surface area contributed by atoms with Gasteiger partial charge in [-0.25, -0.2) is 0 Å². The molecular weight excluding hydrogens is 469 g/mol. The summed E-state index contributed by atoms with van der Waals surface area (Å²) < 4.78 is 40.6. The van der Waals surface area contributed by atoms with E-state index in [2.05, 4.69) is 10.6 Å². The Morgan fingerprint density at radius 2 is 1.71 bits per heavy atom. The highest BCUT2D eigenvalue weighted by Crippen LogP contribution is 2.37. The Balaban J connectivity index is 1.48. The minimum atomic E-state index is -4.66. The highest BCUT2D eigenvalue weighted by molar-refractivity contribution is 6.30. The van der Waals surface area contributed by atoms with E-state index in [1.165, 1.54) is 12.1 Å². The summed E-state index contributed by atoms with van der Waals surface area (Å²) in [5.74, 6) is -0.560. The van der Waals surface area contributed by atoms with Crippen molar-refractivity contribution in [2.45, 2.75) is 31.1 Å². The fraction of sp³-hybridized carbons (Fsp3) is 0.417. The second-order valence-corrected chi connectivity index (χ2v) is 9.08. The summed E-state index contributed by atoms with van der Waals surface area (Å²) in [5, 5.41) is 5.38. The topological polar surface area (TPSA) is 64.7 Å². The van der Waals surface area contributed by atoms with Crippen molar-refractivity contribution in [1.82, 2.24) is 15.1 Å². The van der Waals surface area contributed by atoms with Gasteiger partial charge >= 0.3 is 6.18 Å². The highest BCUT2D eigenvalue weighted by Gasteiger charge is 2.36. The minimum Gasteiger partial charge on any atom is -0.352 e. The predicted molar refractivity (Wildman–Crippen MR) is 123 cm³/mol. The molecule has 1 aliphatic carbocycles. The minimum absolute atomic E-state index is 0.00396. The Morgan fingerprint density at radius 3 is 2.32 bits per heavy atom. The third-order valence-corrected chi connectivity index (χ3v) is 6.23. The van der Waals surface area contributed by atoms with Crippen LogP contribution in [0.1, 0.15) is 30.0 Å². The van der Waals surface area contributed by atoms with Crippen LogP contribution in [0.2, 0.25) is 5.02 Å². The Labute approximate surface area is 201 Å². The number of alkyl halides is 3. The molecule has 1 saturated heterocycles. The summed E-state index contributed by atoms with van der Waals surface area (Å²) in [6, 6.07) is 11.8. The van der Waals surface area contributed by atoms with Gasteiger partial charge < -0.3 is 10.6 Å². The number of carbonyl (C=O) groups is 2. The second kappa shape index (κ2) is 10.3. The molecule has 2 aliphatic rings. The predicted octanol–water partition coefficient (Wildman–Crippen LogP) is 3.93. The van der Waals surface area contributed by atoms with Crippen LogP contribution in [0.25, 0.3) is 0 Å². The van der Waals surface area contributed by atoms with Crippen molar-refractivity contribution in [3.63, 3.8) is 0 Å². The Morgan fingerprint density at radius 1 is 1.03 bits per heavy atom. The molecule has 2 fully saturated rings. The molecule has 1 atom stereocenters. The van der Waals surface area contributed by atoms with Crippen LogP contribution in [0.5, 0.6) is 0 Å². The van der Waals surface area contributed by atoms with Crippen molar-refractivity contribution in [2.24, 2.45) is 0 Å². The van der Waals surface area contributed by atoms with Crippen LogP contribution in [0, 0.1) is 0 Å². The van der Waals surface area contributed by atoms with Crippen molar-refractivity contribution in [2.75, 3.05) is 38.0 Å². The van der Waals surface area contributed by atoms with Crippen LogP contribution in [0.3, 0.4) is 0 Å². The van der Waals surface area contributed by atoms with Gasteiger partial charge in [-0.2, -0.15) is 13.2 Å². The van der Waals surface area contributed by atoms with Crippen LogP contribution < -0.4 is 10.6 Å². The normalized spacial score (nSPS) is 18.4. The quantitative estimate of drug-likeness (QED) is 0.612. The van der Waals surface area contributed by atoms with Gasteiger partial charge in [-0.15, -0.1) is 0 Å². The first kappa shape index (κ1) is 24.5. The zero-order valence-corrected chi connectivity index (χ0v) is 19.2. The SMILES string of the molecule is O=C(CN1CCN([C@H](C(=O)Nc2ccc(Cl)cc2C(F)(F)F)c2ccccc2)CC1)NC1CC1. The van der Waals surface area contributed by atoms with E-state index in [0.717, 1.165) is 18.9 Å². The van der Waals surface area contributed by atoms with Gasteiger partial charge in [0, 0.05) is 37.2 Å². The van der Waals surface area contributed by atoms with Crippen LogP contribution in [0.15, 0.2) is 48.5 Å². The van der Waals surface area contributed by atoms with Crippen LogP contribution in [-0.2, 0) is 15.8 Å². The van der Waals surface area contributed by atoms with Gasteiger partial charge in [0.15, 0.2) is 0 Å². The summed E-state index contributed by atoms with van der Waals surface area (Å²) >= 11 is 5.77. The number of halogens is 4. The molecule has 0 unspecified atom stereocenters. The number of anilines is 1. The lowest BCUT2D eigenvalue weighted by molar-refractivity contribution is -0.137. The molecule has 0 spiro atoms. The van der Waals surface area contributed by atoms with Gasteiger partial charge in [0.25, 0.3) is 0 Å². The lowest BCUT2D eigenvalue weighted by Crippen LogP contribution is -2.52. The molecule has 10 heteroatoms. The van der Waals surface area contributed by atoms with Crippen molar-refractivity contribution < 1.29 is 22.8 Å². The first-order chi connectivity index (χ1) is 16.2. The fourth-order valence-electron chi connectivity index (χ4n) is 4.11. The van der Waals surface area contributed by atoms with Gasteiger partial charge in [-0.3, -0.25) is 19.4 Å². The van der Waals surface area contributed by atoms with Gasteiger partial charge in [0.2, 0.25) is 11.8 Å². The van der Waals surface area contributed by atoms with Gasteiger partial charge in [0.1, 0.15) is 6.04 Å². The Bertz CT molecular complexity index is 1020. The summed E-state index contributed by atoms with van der Waals surface area (Å²) in [7, 11) is 0. The summed E-state index contributed by atoms with van der Waals surface area (Å²) in [5.41, 5.74) is -0.646. The van der Waals surface area contributed by atoms with Crippen LogP contribution in [0.4, 0.5) is 18.9 Å². The average Bonchev–Trinajstić information content (AvgIpc) is 3.60. The van der Waals surface area contributed by atoms with E-state index in [1.54, 1.807) is 24.3 Å². The van der Waals surface area contributed by atoms with Crippen molar-refractivity contribution in [1.29, 1.82) is 0 Å². The number of amides is 2. The highest BCUT2D eigenvalue weighted by atomic mass is 35.5. The smallest absolute Gasteiger partial charge is 0.352 e. The van der Waals surface area contributed by atoms with Gasteiger partial charge in [0.05, 0.1) is 17.8 Å². The molecule has 2 N–H and O–H groups in total. The summed E-state index contributed by atoms with van der Waals surface area (Å²) in [4.78, 5) is 29.4. The lowest BCUT2D eigenvalue weighted by atomic mass is 10.0. The first-order valence-corrected chi connectivity index (χ1v) is 11.6. The maximum atomic E-state index is 13.5. The largest absolute Gasteiger partial charge is 0.418 e. The Hall–Kier alpha value is -2.62. The monoisotopic (exact) mass is 494 g/mol. The lowest BCUT2D eigenvalue weighted by Gasteiger charge is -2.38. The van der Waals surface area contributed by atoms with E-state index in [9.17, 15) is 22.8 Å². The molecule has 2 amide bonds.